The van der Waals surface area contributed by atoms with E-state index in [0.717, 1.165) is 6.42 Å². The van der Waals surface area contributed by atoms with E-state index in [2.05, 4.69) is 31.2 Å². The highest BCUT2D eigenvalue weighted by molar-refractivity contribution is 6.17. The molecule has 1 aromatic carbocycles. The molecule has 0 N–H and O–H groups in total. The maximum absolute atomic E-state index is 5.56. The van der Waals surface area contributed by atoms with Gasteiger partial charge in [0.05, 0.1) is 0 Å². The third-order valence-electron chi connectivity index (χ3n) is 1.76. The second kappa shape index (κ2) is 5.00. The summed E-state index contributed by atoms with van der Waals surface area (Å²) in [5, 5.41) is 0. The summed E-state index contributed by atoms with van der Waals surface area (Å²) in [6.07, 6.45) is 5.17. The lowest BCUT2D eigenvalue weighted by molar-refractivity contribution is 1.24. The molecule has 0 atom stereocenters. The summed E-state index contributed by atoms with van der Waals surface area (Å²) in [5.41, 5.74) is 2.59. The maximum Gasteiger partial charge on any atom is 0.0258 e. The largest absolute Gasteiger partial charge is 0.126 e. The molecule has 1 aromatic rings. The van der Waals surface area contributed by atoms with Crippen LogP contribution in [0.3, 0.4) is 0 Å². The second-order valence-electron chi connectivity index (χ2n) is 2.74. The van der Waals surface area contributed by atoms with Gasteiger partial charge in [0, 0.05) is 5.88 Å². The van der Waals surface area contributed by atoms with Gasteiger partial charge in [0.1, 0.15) is 0 Å². The van der Waals surface area contributed by atoms with E-state index in [1.807, 2.05) is 12.1 Å². The van der Waals surface area contributed by atoms with Gasteiger partial charge in [0.15, 0.2) is 0 Å². The van der Waals surface area contributed by atoms with Gasteiger partial charge in [-0.25, -0.2) is 0 Å². The molecule has 0 aromatic heterocycles. The van der Waals surface area contributed by atoms with Crippen molar-refractivity contribution in [1.82, 2.24) is 0 Å². The van der Waals surface area contributed by atoms with Crippen molar-refractivity contribution < 1.29 is 0 Å². The fourth-order valence-electron chi connectivity index (χ4n) is 1.05. The van der Waals surface area contributed by atoms with Crippen LogP contribution in [-0.4, -0.2) is 5.88 Å². The fraction of sp³-hybridized carbons (Fsp3) is 0.273. The normalized spacial score (nSPS) is 10.8. The lowest BCUT2D eigenvalue weighted by Gasteiger charge is -1.97. The number of halogens is 1. The SMILES string of the molecule is Cc1ccccc1C=CCCCl. The molecule has 0 aliphatic heterocycles. The predicted octanol–water partition coefficient (Wildman–Crippen LogP) is 3.64. The number of rotatable bonds is 3. The number of alkyl halides is 1. The molecule has 1 rings (SSSR count). The molecule has 0 unspecified atom stereocenters. The number of hydrogen-bond acceptors (Lipinski definition) is 0. The van der Waals surface area contributed by atoms with Crippen LogP contribution in [0.4, 0.5) is 0 Å². The minimum Gasteiger partial charge on any atom is -0.126 e. The average Bonchev–Trinajstić information content (AvgIpc) is 2.09. The van der Waals surface area contributed by atoms with Gasteiger partial charge in [-0.15, -0.1) is 11.6 Å². The summed E-state index contributed by atoms with van der Waals surface area (Å²) in [4.78, 5) is 0. The van der Waals surface area contributed by atoms with E-state index in [1.54, 1.807) is 0 Å². The van der Waals surface area contributed by atoms with Crippen molar-refractivity contribution >= 4 is 17.7 Å². The van der Waals surface area contributed by atoms with Crippen LogP contribution in [0.15, 0.2) is 30.3 Å². The summed E-state index contributed by atoms with van der Waals surface area (Å²) >= 11 is 5.56. The van der Waals surface area contributed by atoms with Crippen molar-refractivity contribution in [2.75, 3.05) is 5.88 Å². The first-order chi connectivity index (χ1) is 5.84. The van der Waals surface area contributed by atoms with E-state index >= 15 is 0 Å². The minimum absolute atomic E-state index is 0.697. The van der Waals surface area contributed by atoms with Crippen molar-refractivity contribution in [2.45, 2.75) is 13.3 Å². The van der Waals surface area contributed by atoms with Gasteiger partial charge < -0.3 is 0 Å². The van der Waals surface area contributed by atoms with Gasteiger partial charge >= 0.3 is 0 Å². The first-order valence-corrected chi connectivity index (χ1v) is 4.66. The molecule has 1 heteroatoms. The molecule has 64 valence electrons. The van der Waals surface area contributed by atoms with Gasteiger partial charge in [-0.3, -0.25) is 0 Å². The third-order valence-corrected chi connectivity index (χ3v) is 1.98. The molecule has 0 nitrogen and oxygen atoms in total. The van der Waals surface area contributed by atoms with Crippen molar-refractivity contribution in [3.63, 3.8) is 0 Å². The monoisotopic (exact) mass is 180 g/mol. The van der Waals surface area contributed by atoms with Crippen LogP contribution in [0, 0.1) is 6.92 Å². The first kappa shape index (κ1) is 9.34. The second-order valence-corrected chi connectivity index (χ2v) is 3.11. The Morgan fingerprint density at radius 2 is 2.08 bits per heavy atom. The summed E-state index contributed by atoms with van der Waals surface area (Å²) in [6.45, 7) is 2.11. The van der Waals surface area contributed by atoms with Crippen LogP contribution in [0.25, 0.3) is 6.08 Å². The van der Waals surface area contributed by atoms with Crippen LogP contribution in [-0.2, 0) is 0 Å². The molecule has 0 aliphatic rings. The molecule has 0 fully saturated rings. The Kier molecular flexibility index (Phi) is 3.89. The highest BCUT2D eigenvalue weighted by Crippen LogP contribution is 2.09. The van der Waals surface area contributed by atoms with Crippen LogP contribution in [0.1, 0.15) is 17.5 Å². The van der Waals surface area contributed by atoms with E-state index in [0.29, 0.717) is 5.88 Å². The van der Waals surface area contributed by atoms with E-state index in [9.17, 15) is 0 Å². The Hall–Kier alpha value is -0.750. The topological polar surface area (TPSA) is 0 Å². The highest BCUT2D eigenvalue weighted by atomic mass is 35.5. The zero-order chi connectivity index (χ0) is 8.81. The Balaban J connectivity index is 2.68. The molecular formula is C11H13Cl. The lowest BCUT2D eigenvalue weighted by atomic mass is 10.1. The van der Waals surface area contributed by atoms with Crippen LogP contribution in [0.5, 0.6) is 0 Å². The van der Waals surface area contributed by atoms with Crippen molar-refractivity contribution in [2.24, 2.45) is 0 Å². The van der Waals surface area contributed by atoms with E-state index < -0.39 is 0 Å². The molecule has 0 amide bonds. The summed E-state index contributed by atoms with van der Waals surface area (Å²) in [6, 6.07) is 8.32. The summed E-state index contributed by atoms with van der Waals surface area (Å²) in [5.74, 6) is 0.697. The summed E-state index contributed by atoms with van der Waals surface area (Å²) < 4.78 is 0. The van der Waals surface area contributed by atoms with E-state index in [-0.39, 0.29) is 0 Å². The van der Waals surface area contributed by atoms with Crippen LogP contribution in [0.2, 0.25) is 0 Å². The summed E-state index contributed by atoms with van der Waals surface area (Å²) in [7, 11) is 0. The van der Waals surface area contributed by atoms with Crippen LogP contribution < -0.4 is 0 Å². The maximum atomic E-state index is 5.56. The minimum atomic E-state index is 0.697. The van der Waals surface area contributed by atoms with Gasteiger partial charge in [-0.05, 0) is 24.5 Å². The number of benzene rings is 1. The van der Waals surface area contributed by atoms with Crippen molar-refractivity contribution in [3.8, 4) is 0 Å². The van der Waals surface area contributed by atoms with E-state index in [4.69, 9.17) is 11.6 Å². The Bertz CT molecular complexity index is 263. The van der Waals surface area contributed by atoms with E-state index in [1.165, 1.54) is 11.1 Å². The van der Waals surface area contributed by atoms with Crippen molar-refractivity contribution in [3.05, 3.63) is 41.5 Å². The third kappa shape index (κ3) is 2.71. The number of aryl methyl sites for hydroxylation is 1. The molecule has 0 aliphatic carbocycles. The van der Waals surface area contributed by atoms with Gasteiger partial charge in [-0.2, -0.15) is 0 Å². The standard InChI is InChI=1S/C11H13Cl/c1-10-6-2-3-7-11(10)8-4-5-9-12/h2-4,6-8H,5,9H2,1H3. The fourth-order valence-corrected chi connectivity index (χ4v) is 1.17. The van der Waals surface area contributed by atoms with Crippen molar-refractivity contribution in [1.29, 1.82) is 0 Å². The lowest BCUT2D eigenvalue weighted by Crippen LogP contribution is -1.77. The highest BCUT2D eigenvalue weighted by Gasteiger charge is 1.89. The Labute approximate surface area is 78.9 Å². The number of hydrogen-bond donors (Lipinski definition) is 0. The zero-order valence-corrected chi connectivity index (χ0v) is 8.01. The predicted molar refractivity (Wildman–Crippen MR) is 55.6 cm³/mol. The quantitative estimate of drug-likeness (QED) is 0.624. The molecule has 12 heavy (non-hydrogen) atoms. The van der Waals surface area contributed by atoms with Gasteiger partial charge in [0.25, 0.3) is 0 Å². The number of allylic oxidation sites excluding steroid dienone is 1. The van der Waals surface area contributed by atoms with Crippen LogP contribution >= 0.6 is 11.6 Å². The Morgan fingerprint density at radius 1 is 1.33 bits per heavy atom. The van der Waals surface area contributed by atoms with Gasteiger partial charge in [0.2, 0.25) is 0 Å². The molecule has 0 heterocycles. The molecular weight excluding hydrogens is 168 g/mol. The zero-order valence-electron chi connectivity index (χ0n) is 7.26. The molecule has 0 saturated carbocycles. The first-order valence-electron chi connectivity index (χ1n) is 4.12. The molecule has 0 bridgehead atoms. The van der Waals surface area contributed by atoms with Gasteiger partial charge in [-0.1, -0.05) is 36.4 Å². The molecule has 0 saturated heterocycles. The average molecular weight is 181 g/mol. The smallest absolute Gasteiger partial charge is 0.0258 e. The Morgan fingerprint density at radius 3 is 2.75 bits per heavy atom. The molecule has 0 spiro atoms. The molecule has 0 radical (unpaired) electrons.